The molecule has 0 spiro atoms. The molecular formula is C15H16F2N4OS. The fourth-order valence-electron chi connectivity index (χ4n) is 2.54. The van der Waals surface area contributed by atoms with Crippen LogP contribution in [0.3, 0.4) is 0 Å². The van der Waals surface area contributed by atoms with Gasteiger partial charge in [0.2, 0.25) is 0 Å². The lowest BCUT2D eigenvalue weighted by molar-refractivity contribution is 0.229. The Hall–Kier alpha value is -1.93. The van der Waals surface area contributed by atoms with Gasteiger partial charge >= 0.3 is 6.01 Å². The molecule has 0 fully saturated rings. The molecule has 1 aliphatic heterocycles. The first-order chi connectivity index (χ1) is 11.2. The standard InChI is InChI=1S/C15H16F2N4OS/c16-12(17)13-20-21(14-19-9-10-22-14)15(23-13,7-4-8-18)11-5-2-1-3-6-11/h1-3,5-6,9-10,12H,4,7-8,18H2. The van der Waals surface area contributed by atoms with E-state index in [-0.39, 0.29) is 11.1 Å². The van der Waals surface area contributed by atoms with Gasteiger partial charge in [-0.15, -0.1) is 0 Å². The molecule has 1 aliphatic rings. The average Bonchev–Trinajstić information content (AvgIpc) is 3.22. The van der Waals surface area contributed by atoms with E-state index in [0.717, 1.165) is 17.3 Å². The Morgan fingerprint density at radius 2 is 2.09 bits per heavy atom. The minimum atomic E-state index is -2.65. The van der Waals surface area contributed by atoms with Gasteiger partial charge in [-0.25, -0.2) is 13.8 Å². The zero-order chi connectivity index (χ0) is 16.3. The predicted molar refractivity (Wildman–Crippen MR) is 86.4 cm³/mol. The van der Waals surface area contributed by atoms with Crippen LogP contribution in [0.2, 0.25) is 0 Å². The van der Waals surface area contributed by atoms with Crippen molar-refractivity contribution >= 4 is 22.8 Å². The maximum absolute atomic E-state index is 13.3. The molecule has 1 unspecified atom stereocenters. The Morgan fingerprint density at radius 3 is 2.70 bits per heavy atom. The van der Waals surface area contributed by atoms with Crippen LogP contribution in [0.15, 0.2) is 52.3 Å². The summed E-state index contributed by atoms with van der Waals surface area (Å²) >= 11 is 1.04. The normalized spacial score (nSPS) is 21.0. The summed E-state index contributed by atoms with van der Waals surface area (Å²) in [6.07, 6.45) is 1.41. The summed E-state index contributed by atoms with van der Waals surface area (Å²) in [4.78, 5) is 3.25. The smallest absolute Gasteiger partial charge is 0.319 e. The molecule has 0 saturated carbocycles. The lowest BCUT2D eigenvalue weighted by Crippen LogP contribution is -2.38. The van der Waals surface area contributed by atoms with Gasteiger partial charge in [-0.1, -0.05) is 42.1 Å². The highest BCUT2D eigenvalue weighted by molar-refractivity contribution is 8.15. The van der Waals surface area contributed by atoms with Crippen molar-refractivity contribution in [3.63, 3.8) is 0 Å². The summed E-state index contributed by atoms with van der Waals surface area (Å²) in [5.74, 6) is 0. The molecule has 5 nitrogen and oxygen atoms in total. The van der Waals surface area contributed by atoms with Crippen LogP contribution >= 0.6 is 11.8 Å². The molecule has 2 aromatic rings. The van der Waals surface area contributed by atoms with Crippen LogP contribution in [0, 0.1) is 0 Å². The SMILES string of the molecule is NCCCC1(c2ccccc2)SC(C(F)F)=NN1c1ncco1. The Kier molecular flexibility index (Phi) is 4.63. The van der Waals surface area contributed by atoms with Gasteiger partial charge in [0.1, 0.15) is 11.1 Å². The van der Waals surface area contributed by atoms with Crippen LogP contribution in [-0.2, 0) is 4.87 Å². The van der Waals surface area contributed by atoms with Crippen molar-refractivity contribution in [2.24, 2.45) is 10.8 Å². The van der Waals surface area contributed by atoms with Crippen molar-refractivity contribution in [2.75, 3.05) is 11.6 Å². The molecule has 0 bridgehead atoms. The summed E-state index contributed by atoms with van der Waals surface area (Å²) in [6, 6.07) is 9.59. The Labute approximate surface area is 136 Å². The van der Waals surface area contributed by atoms with Gasteiger partial charge in [0, 0.05) is 0 Å². The number of rotatable bonds is 6. The monoisotopic (exact) mass is 338 g/mol. The lowest BCUT2D eigenvalue weighted by Gasteiger charge is -2.34. The topological polar surface area (TPSA) is 67.7 Å². The summed E-state index contributed by atoms with van der Waals surface area (Å²) in [7, 11) is 0. The van der Waals surface area contributed by atoms with E-state index in [9.17, 15) is 8.78 Å². The third-order valence-electron chi connectivity index (χ3n) is 3.55. The maximum Gasteiger partial charge on any atom is 0.319 e. The van der Waals surface area contributed by atoms with E-state index in [0.29, 0.717) is 19.4 Å². The van der Waals surface area contributed by atoms with Crippen LogP contribution in [0.25, 0.3) is 0 Å². The van der Waals surface area contributed by atoms with Crippen LogP contribution < -0.4 is 10.7 Å². The molecule has 1 aromatic heterocycles. The molecule has 0 saturated heterocycles. The second-order valence-electron chi connectivity index (χ2n) is 5.01. The third-order valence-corrected chi connectivity index (χ3v) is 4.97. The zero-order valence-corrected chi connectivity index (χ0v) is 13.0. The van der Waals surface area contributed by atoms with Gasteiger partial charge in [0.15, 0.2) is 5.04 Å². The summed E-state index contributed by atoms with van der Waals surface area (Å²) in [6.45, 7) is 0.457. The first-order valence-corrected chi connectivity index (χ1v) is 8.00. The van der Waals surface area contributed by atoms with Crippen molar-refractivity contribution in [2.45, 2.75) is 24.1 Å². The first-order valence-electron chi connectivity index (χ1n) is 7.18. The van der Waals surface area contributed by atoms with Crippen molar-refractivity contribution < 1.29 is 13.2 Å². The number of oxazole rings is 1. The highest BCUT2D eigenvalue weighted by atomic mass is 32.2. The molecule has 2 N–H and O–H groups in total. The van der Waals surface area contributed by atoms with Crippen molar-refractivity contribution in [1.29, 1.82) is 0 Å². The minimum Gasteiger partial charge on any atom is -0.431 e. The second kappa shape index (κ2) is 6.67. The lowest BCUT2D eigenvalue weighted by atomic mass is 10.0. The van der Waals surface area contributed by atoms with E-state index in [2.05, 4.69) is 10.1 Å². The van der Waals surface area contributed by atoms with Gasteiger partial charge in [0.25, 0.3) is 6.43 Å². The summed E-state index contributed by atoms with van der Waals surface area (Å²) in [5.41, 5.74) is 6.51. The maximum atomic E-state index is 13.3. The Morgan fingerprint density at radius 1 is 1.30 bits per heavy atom. The molecule has 0 amide bonds. The van der Waals surface area contributed by atoms with Crippen LogP contribution in [0.1, 0.15) is 18.4 Å². The van der Waals surface area contributed by atoms with Crippen molar-refractivity contribution in [3.05, 3.63) is 48.4 Å². The van der Waals surface area contributed by atoms with E-state index in [1.807, 2.05) is 30.3 Å². The number of hydrazone groups is 1. The number of thioether (sulfide) groups is 1. The first kappa shape index (κ1) is 15.9. The Bertz CT molecular complexity index is 665. The zero-order valence-electron chi connectivity index (χ0n) is 12.2. The fourth-order valence-corrected chi connectivity index (χ4v) is 3.81. The van der Waals surface area contributed by atoms with Crippen LogP contribution in [0.4, 0.5) is 14.8 Å². The number of nitrogens with zero attached hydrogens (tertiary/aromatic N) is 3. The largest absolute Gasteiger partial charge is 0.431 e. The summed E-state index contributed by atoms with van der Waals surface area (Å²) < 4.78 is 31.9. The number of hydrogen-bond acceptors (Lipinski definition) is 6. The van der Waals surface area contributed by atoms with Crippen molar-refractivity contribution in [3.8, 4) is 0 Å². The van der Waals surface area contributed by atoms with E-state index in [1.165, 1.54) is 17.5 Å². The fraction of sp³-hybridized carbons (Fsp3) is 0.333. The predicted octanol–water partition coefficient (Wildman–Crippen LogP) is 3.40. The van der Waals surface area contributed by atoms with Gasteiger partial charge in [-0.05, 0) is 24.9 Å². The quantitative estimate of drug-likeness (QED) is 0.874. The van der Waals surface area contributed by atoms with Crippen molar-refractivity contribution in [1.82, 2.24) is 4.98 Å². The molecule has 23 heavy (non-hydrogen) atoms. The van der Waals surface area contributed by atoms with E-state index >= 15 is 0 Å². The number of hydrogen-bond donors (Lipinski definition) is 1. The molecule has 0 radical (unpaired) electrons. The van der Waals surface area contributed by atoms with Crippen LogP contribution in [-0.4, -0.2) is 23.0 Å². The van der Waals surface area contributed by atoms with E-state index < -0.39 is 11.3 Å². The van der Waals surface area contributed by atoms with Gasteiger partial charge in [0.05, 0.1) is 6.20 Å². The minimum absolute atomic E-state index is 0.189. The van der Waals surface area contributed by atoms with Gasteiger partial charge in [-0.3, -0.25) is 0 Å². The van der Waals surface area contributed by atoms with Gasteiger partial charge < -0.3 is 10.2 Å². The molecule has 122 valence electrons. The number of alkyl halides is 2. The number of aromatic nitrogens is 1. The summed E-state index contributed by atoms with van der Waals surface area (Å²) in [5, 5.41) is 5.28. The number of nitrogens with two attached hydrogens (primary N) is 1. The number of anilines is 1. The number of halogens is 2. The average molecular weight is 338 g/mol. The molecule has 1 aromatic carbocycles. The van der Waals surface area contributed by atoms with E-state index in [1.54, 1.807) is 0 Å². The molecule has 3 rings (SSSR count). The second-order valence-corrected chi connectivity index (χ2v) is 6.31. The van der Waals surface area contributed by atoms with Gasteiger partial charge in [-0.2, -0.15) is 10.1 Å². The molecule has 8 heteroatoms. The Balaban J connectivity index is 2.09. The highest BCUT2D eigenvalue weighted by Crippen LogP contribution is 2.51. The van der Waals surface area contributed by atoms with E-state index in [4.69, 9.17) is 10.2 Å². The third kappa shape index (κ3) is 2.96. The number of benzene rings is 1. The molecule has 2 heterocycles. The molecule has 0 aliphatic carbocycles. The molecule has 1 atom stereocenters. The molecular weight excluding hydrogens is 322 g/mol. The highest BCUT2D eigenvalue weighted by Gasteiger charge is 2.49. The van der Waals surface area contributed by atoms with Crippen LogP contribution in [0.5, 0.6) is 0 Å².